The lowest BCUT2D eigenvalue weighted by atomic mass is 9.87. The van der Waals surface area contributed by atoms with Gasteiger partial charge in [-0.2, -0.15) is 0 Å². The van der Waals surface area contributed by atoms with Crippen molar-refractivity contribution in [3.63, 3.8) is 0 Å². The third-order valence-electron chi connectivity index (χ3n) is 3.68. The molecule has 0 N–H and O–H groups in total. The third kappa shape index (κ3) is 4.35. The molecule has 0 unspecified atom stereocenters. The number of nitrogens with zero attached hydrogens (tertiary/aromatic N) is 2. The number of hydrogen-bond donors (Lipinski definition) is 0. The molecule has 5 heteroatoms. The predicted octanol–water partition coefficient (Wildman–Crippen LogP) is 2.02. The first-order valence-electron chi connectivity index (χ1n) is 6.94. The van der Waals surface area contributed by atoms with Crippen LogP contribution < -0.4 is 0 Å². The zero-order chi connectivity index (χ0) is 13.5. The lowest BCUT2D eigenvalue weighted by Crippen LogP contribution is -2.27. The van der Waals surface area contributed by atoms with Gasteiger partial charge in [0.25, 0.3) is 0 Å². The van der Waals surface area contributed by atoms with Crippen LogP contribution in [0.2, 0.25) is 0 Å². The molecule has 0 amide bonds. The van der Waals surface area contributed by atoms with Crippen molar-refractivity contribution in [1.82, 2.24) is 9.55 Å². The van der Waals surface area contributed by atoms with Crippen LogP contribution in [-0.4, -0.2) is 35.3 Å². The monoisotopic (exact) mass is 266 g/mol. The fourth-order valence-corrected chi connectivity index (χ4v) is 2.55. The number of hydrogen-bond acceptors (Lipinski definition) is 4. The molecule has 19 heavy (non-hydrogen) atoms. The Labute approximate surface area is 113 Å². The van der Waals surface area contributed by atoms with Crippen LogP contribution in [0.1, 0.15) is 32.1 Å². The molecule has 1 aliphatic carbocycles. The van der Waals surface area contributed by atoms with Crippen LogP contribution >= 0.6 is 0 Å². The van der Waals surface area contributed by atoms with E-state index in [4.69, 9.17) is 9.47 Å². The molecule has 1 saturated carbocycles. The largest absolute Gasteiger partial charge is 0.469 e. The Morgan fingerprint density at radius 3 is 2.79 bits per heavy atom. The zero-order valence-electron chi connectivity index (χ0n) is 11.5. The van der Waals surface area contributed by atoms with Crippen LogP contribution in [0.4, 0.5) is 0 Å². The number of methoxy groups -OCH3 is 1. The second kappa shape index (κ2) is 7.28. The highest BCUT2D eigenvalue weighted by molar-refractivity contribution is 5.72. The summed E-state index contributed by atoms with van der Waals surface area (Å²) < 4.78 is 12.7. The SMILES string of the molecule is COC(=O)C1CCC(OCCCn2ccnc2)CC1. The number of imidazole rings is 1. The van der Waals surface area contributed by atoms with Gasteiger partial charge in [0, 0.05) is 25.5 Å². The number of ether oxygens (including phenoxy) is 2. The quantitative estimate of drug-likeness (QED) is 0.584. The summed E-state index contributed by atoms with van der Waals surface area (Å²) in [6.45, 7) is 1.71. The summed E-state index contributed by atoms with van der Waals surface area (Å²) in [5.74, 6) is 0.00866. The van der Waals surface area contributed by atoms with Crippen molar-refractivity contribution in [2.45, 2.75) is 44.8 Å². The lowest BCUT2D eigenvalue weighted by molar-refractivity contribution is -0.147. The van der Waals surface area contributed by atoms with Gasteiger partial charge < -0.3 is 14.0 Å². The van der Waals surface area contributed by atoms with E-state index in [0.29, 0.717) is 6.10 Å². The van der Waals surface area contributed by atoms with Crippen molar-refractivity contribution in [1.29, 1.82) is 0 Å². The molecule has 0 bridgehead atoms. The van der Waals surface area contributed by atoms with E-state index < -0.39 is 0 Å². The summed E-state index contributed by atoms with van der Waals surface area (Å²) in [6, 6.07) is 0. The van der Waals surface area contributed by atoms with Gasteiger partial charge in [-0.05, 0) is 32.1 Å². The molecular formula is C14H22N2O3. The summed E-state index contributed by atoms with van der Waals surface area (Å²) in [7, 11) is 1.46. The molecule has 1 aromatic rings. The van der Waals surface area contributed by atoms with Gasteiger partial charge in [-0.3, -0.25) is 4.79 Å². The highest BCUT2D eigenvalue weighted by Crippen LogP contribution is 2.27. The maximum absolute atomic E-state index is 11.4. The standard InChI is InChI=1S/C14H22N2O3/c1-18-14(17)12-3-5-13(6-4-12)19-10-2-8-16-9-7-15-11-16/h7,9,11-13H,2-6,8,10H2,1H3. The fourth-order valence-electron chi connectivity index (χ4n) is 2.55. The van der Waals surface area contributed by atoms with E-state index in [9.17, 15) is 4.79 Å². The van der Waals surface area contributed by atoms with Crippen molar-refractivity contribution in [2.75, 3.05) is 13.7 Å². The van der Waals surface area contributed by atoms with E-state index in [0.717, 1.165) is 45.3 Å². The first-order valence-corrected chi connectivity index (χ1v) is 6.94. The van der Waals surface area contributed by atoms with Crippen molar-refractivity contribution in [3.05, 3.63) is 18.7 Å². The van der Waals surface area contributed by atoms with Gasteiger partial charge in [-0.25, -0.2) is 4.98 Å². The molecule has 0 spiro atoms. The first kappa shape index (κ1) is 14.1. The molecule has 106 valence electrons. The summed E-state index contributed by atoms with van der Waals surface area (Å²) >= 11 is 0. The molecule has 0 radical (unpaired) electrons. The highest BCUT2D eigenvalue weighted by atomic mass is 16.5. The smallest absolute Gasteiger partial charge is 0.308 e. The van der Waals surface area contributed by atoms with Crippen molar-refractivity contribution < 1.29 is 14.3 Å². The van der Waals surface area contributed by atoms with Crippen molar-refractivity contribution >= 4 is 5.97 Å². The van der Waals surface area contributed by atoms with Crippen molar-refractivity contribution in [3.8, 4) is 0 Å². The van der Waals surface area contributed by atoms with E-state index in [-0.39, 0.29) is 11.9 Å². The molecule has 1 aliphatic rings. The van der Waals surface area contributed by atoms with Gasteiger partial charge in [-0.1, -0.05) is 0 Å². The average Bonchev–Trinajstić information content (AvgIpc) is 2.96. The molecular weight excluding hydrogens is 244 g/mol. The Bertz CT molecular complexity index is 370. The molecule has 0 saturated heterocycles. The van der Waals surface area contributed by atoms with Gasteiger partial charge in [0.2, 0.25) is 0 Å². The number of carbonyl (C=O) groups excluding carboxylic acids is 1. The highest BCUT2D eigenvalue weighted by Gasteiger charge is 2.26. The number of esters is 1. The molecule has 1 fully saturated rings. The van der Waals surface area contributed by atoms with Crippen LogP contribution in [0, 0.1) is 5.92 Å². The summed E-state index contributed by atoms with van der Waals surface area (Å²) in [4.78, 5) is 15.4. The minimum absolute atomic E-state index is 0.0708. The Hall–Kier alpha value is -1.36. The normalized spacial score (nSPS) is 23.2. The summed E-state index contributed by atoms with van der Waals surface area (Å²) in [5, 5.41) is 0. The molecule has 0 atom stereocenters. The second-order valence-electron chi connectivity index (χ2n) is 5.02. The maximum atomic E-state index is 11.4. The number of aromatic nitrogens is 2. The van der Waals surface area contributed by atoms with Crippen LogP contribution in [0.25, 0.3) is 0 Å². The average molecular weight is 266 g/mol. The molecule has 1 heterocycles. The number of aryl methyl sites for hydroxylation is 1. The molecule has 0 aromatic carbocycles. The Morgan fingerprint density at radius 2 is 2.16 bits per heavy atom. The van der Waals surface area contributed by atoms with Gasteiger partial charge in [0.05, 0.1) is 25.5 Å². The van der Waals surface area contributed by atoms with Gasteiger partial charge >= 0.3 is 5.97 Å². The minimum atomic E-state index is -0.0708. The van der Waals surface area contributed by atoms with Crippen LogP contribution in [0.15, 0.2) is 18.7 Å². The Balaban J connectivity index is 1.57. The first-order chi connectivity index (χ1) is 9.29. The number of rotatable bonds is 6. The molecule has 1 aromatic heterocycles. The Morgan fingerprint density at radius 1 is 1.37 bits per heavy atom. The van der Waals surface area contributed by atoms with Crippen LogP contribution in [0.5, 0.6) is 0 Å². The second-order valence-corrected chi connectivity index (χ2v) is 5.02. The summed E-state index contributed by atoms with van der Waals surface area (Å²) in [5.41, 5.74) is 0. The molecule has 5 nitrogen and oxygen atoms in total. The third-order valence-corrected chi connectivity index (χ3v) is 3.68. The van der Waals surface area contributed by atoms with Crippen LogP contribution in [-0.2, 0) is 20.8 Å². The van der Waals surface area contributed by atoms with Gasteiger partial charge in [0.15, 0.2) is 0 Å². The fraction of sp³-hybridized carbons (Fsp3) is 0.714. The minimum Gasteiger partial charge on any atom is -0.469 e. The van der Waals surface area contributed by atoms with Crippen LogP contribution in [0.3, 0.4) is 0 Å². The van der Waals surface area contributed by atoms with Gasteiger partial charge in [-0.15, -0.1) is 0 Å². The molecule has 2 rings (SSSR count). The maximum Gasteiger partial charge on any atom is 0.308 e. The van der Waals surface area contributed by atoms with Gasteiger partial charge in [0.1, 0.15) is 0 Å². The zero-order valence-corrected chi connectivity index (χ0v) is 11.5. The lowest BCUT2D eigenvalue weighted by Gasteiger charge is -2.27. The summed E-state index contributed by atoms with van der Waals surface area (Å²) in [6.07, 6.45) is 10.6. The van der Waals surface area contributed by atoms with E-state index in [1.165, 1.54) is 7.11 Å². The van der Waals surface area contributed by atoms with E-state index in [1.54, 1.807) is 6.20 Å². The van der Waals surface area contributed by atoms with E-state index in [1.807, 2.05) is 12.5 Å². The number of carbonyl (C=O) groups is 1. The predicted molar refractivity (Wildman–Crippen MR) is 70.6 cm³/mol. The molecule has 0 aliphatic heterocycles. The topological polar surface area (TPSA) is 53.4 Å². The van der Waals surface area contributed by atoms with E-state index in [2.05, 4.69) is 9.55 Å². The van der Waals surface area contributed by atoms with Crippen molar-refractivity contribution in [2.24, 2.45) is 5.92 Å². The van der Waals surface area contributed by atoms with E-state index >= 15 is 0 Å². The Kier molecular flexibility index (Phi) is 5.39.